The predicted octanol–water partition coefficient (Wildman–Crippen LogP) is 4.93. The first-order chi connectivity index (χ1) is 15.7. The van der Waals surface area contributed by atoms with Gasteiger partial charge in [0.15, 0.2) is 5.76 Å². The molecule has 0 bridgehead atoms. The van der Waals surface area contributed by atoms with E-state index in [1.54, 1.807) is 19.4 Å². The van der Waals surface area contributed by atoms with Crippen LogP contribution in [0.1, 0.15) is 21.8 Å². The minimum absolute atomic E-state index is 0.126. The summed E-state index contributed by atoms with van der Waals surface area (Å²) >= 11 is 0. The maximum Gasteiger partial charge on any atom is 0.253 e. The summed E-state index contributed by atoms with van der Waals surface area (Å²) in [5, 5.41) is 6.26. The Kier molecular flexibility index (Phi) is 6.82. The summed E-state index contributed by atoms with van der Waals surface area (Å²) in [5.41, 5.74) is 3.42. The molecule has 0 saturated carbocycles. The van der Waals surface area contributed by atoms with Crippen LogP contribution in [0.15, 0.2) is 89.5 Å². The van der Waals surface area contributed by atoms with Crippen LogP contribution in [0.5, 0.6) is 5.75 Å². The molecule has 0 aliphatic carbocycles. The van der Waals surface area contributed by atoms with Crippen molar-refractivity contribution in [3.8, 4) is 17.1 Å². The maximum atomic E-state index is 12.7. The molecule has 0 saturated heterocycles. The molecule has 1 heterocycles. The first kappa shape index (κ1) is 21.2. The van der Waals surface area contributed by atoms with E-state index in [2.05, 4.69) is 15.6 Å². The fraction of sp³-hybridized carbons (Fsp3) is 0.154. The lowest BCUT2D eigenvalue weighted by molar-refractivity contribution is 0.0955. The highest BCUT2D eigenvalue weighted by atomic mass is 16.5. The van der Waals surface area contributed by atoms with Crippen LogP contribution < -0.4 is 15.4 Å². The van der Waals surface area contributed by atoms with Crippen molar-refractivity contribution in [3.05, 3.63) is 102 Å². The Balaban J connectivity index is 1.34. The van der Waals surface area contributed by atoms with E-state index in [0.29, 0.717) is 30.3 Å². The van der Waals surface area contributed by atoms with Gasteiger partial charge >= 0.3 is 0 Å². The number of nitrogens with zero attached hydrogens (tertiary/aromatic N) is 1. The lowest BCUT2D eigenvalue weighted by Gasteiger charge is -2.11. The second kappa shape index (κ2) is 10.3. The van der Waals surface area contributed by atoms with Crippen LogP contribution in [-0.2, 0) is 13.0 Å². The van der Waals surface area contributed by atoms with Gasteiger partial charge in [-0.05, 0) is 36.2 Å². The van der Waals surface area contributed by atoms with Gasteiger partial charge in [0.2, 0.25) is 5.89 Å². The molecule has 0 spiro atoms. The first-order valence-corrected chi connectivity index (χ1v) is 10.5. The van der Waals surface area contributed by atoms with E-state index in [4.69, 9.17) is 9.15 Å². The summed E-state index contributed by atoms with van der Waals surface area (Å²) in [5.74, 6) is 1.96. The molecule has 3 aromatic carbocycles. The SMILES string of the molecule is COc1ccc(CCNC(=O)c2ccccc2NCc2ncc(-c3ccccc3)o2)cc1. The van der Waals surface area contributed by atoms with Gasteiger partial charge in [0, 0.05) is 17.8 Å². The first-order valence-electron chi connectivity index (χ1n) is 10.5. The molecule has 0 unspecified atom stereocenters. The molecule has 6 heteroatoms. The Morgan fingerprint density at radius 1 is 0.969 bits per heavy atom. The average Bonchev–Trinajstić information content (AvgIpc) is 3.33. The summed E-state index contributed by atoms with van der Waals surface area (Å²) in [6.45, 7) is 0.919. The van der Waals surface area contributed by atoms with Gasteiger partial charge in [-0.2, -0.15) is 0 Å². The normalized spacial score (nSPS) is 10.5. The third-order valence-corrected chi connectivity index (χ3v) is 5.07. The summed E-state index contributed by atoms with van der Waals surface area (Å²) < 4.78 is 11.0. The van der Waals surface area contributed by atoms with E-state index in [0.717, 1.165) is 29.0 Å². The van der Waals surface area contributed by atoms with Crippen molar-refractivity contribution >= 4 is 11.6 Å². The molecule has 2 N–H and O–H groups in total. The molecule has 32 heavy (non-hydrogen) atoms. The molecule has 4 aromatic rings. The number of anilines is 1. The highest BCUT2D eigenvalue weighted by Gasteiger charge is 2.12. The van der Waals surface area contributed by atoms with Gasteiger partial charge in [-0.3, -0.25) is 4.79 Å². The molecule has 0 aliphatic heterocycles. The molecule has 162 valence electrons. The van der Waals surface area contributed by atoms with Crippen LogP contribution in [0.3, 0.4) is 0 Å². The molecule has 0 aliphatic rings. The lowest BCUT2D eigenvalue weighted by Crippen LogP contribution is -2.26. The van der Waals surface area contributed by atoms with E-state index in [1.807, 2.05) is 72.8 Å². The molecule has 0 radical (unpaired) electrons. The minimum atomic E-state index is -0.126. The molecule has 1 amide bonds. The predicted molar refractivity (Wildman–Crippen MR) is 125 cm³/mol. The highest BCUT2D eigenvalue weighted by Crippen LogP contribution is 2.21. The van der Waals surface area contributed by atoms with Gasteiger partial charge in [0.25, 0.3) is 5.91 Å². The molecule has 4 rings (SSSR count). The van der Waals surface area contributed by atoms with Crippen LogP contribution >= 0.6 is 0 Å². The van der Waals surface area contributed by atoms with Crippen LogP contribution in [0.2, 0.25) is 0 Å². The number of amides is 1. The van der Waals surface area contributed by atoms with Gasteiger partial charge in [-0.1, -0.05) is 54.6 Å². The highest BCUT2D eigenvalue weighted by molar-refractivity contribution is 5.99. The van der Waals surface area contributed by atoms with Crippen molar-refractivity contribution in [3.63, 3.8) is 0 Å². The molecule has 0 atom stereocenters. The van der Waals surface area contributed by atoms with Gasteiger partial charge in [-0.25, -0.2) is 4.98 Å². The van der Waals surface area contributed by atoms with Gasteiger partial charge < -0.3 is 19.8 Å². The van der Waals surface area contributed by atoms with E-state index in [-0.39, 0.29) is 5.91 Å². The zero-order valence-electron chi connectivity index (χ0n) is 17.9. The van der Waals surface area contributed by atoms with E-state index in [9.17, 15) is 4.79 Å². The molecule has 1 aromatic heterocycles. The van der Waals surface area contributed by atoms with Crippen molar-refractivity contribution in [2.45, 2.75) is 13.0 Å². The van der Waals surface area contributed by atoms with Crippen LogP contribution in [0, 0.1) is 0 Å². The second-order valence-electron chi connectivity index (χ2n) is 7.24. The zero-order valence-corrected chi connectivity index (χ0v) is 17.9. The van der Waals surface area contributed by atoms with E-state index >= 15 is 0 Å². The fourth-order valence-corrected chi connectivity index (χ4v) is 3.34. The molecule has 0 fully saturated rings. The number of para-hydroxylation sites is 1. The summed E-state index contributed by atoms with van der Waals surface area (Å²) in [7, 11) is 1.64. The number of aromatic nitrogens is 1. The summed E-state index contributed by atoms with van der Waals surface area (Å²) in [6.07, 6.45) is 2.45. The van der Waals surface area contributed by atoms with Gasteiger partial charge in [-0.15, -0.1) is 0 Å². The maximum absolute atomic E-state index is 12.7. The number of ether oxygens (including phenoxy) is 1. The monoisotopic (exact) mass is 427 g/mol. The average molecular weight is 428 g/mol. The Morgan fingerprint density at radius 3 is 2.50 bits per heavy atom. The summed E-state index contributed by atoms with van der Waals surface area (Å²) in [4.78, 5) is 17.1. The topological polar surface area (TPSA) is 76.4 Å². The Bertz CT molecular complexity index is 1150. The number of nitrogens with one attached hydrogen (secondary N) is 2. The number of methoxy groups -OCH3 is 1. The standard InChI is InChI=1S/C26H25N3O3/c1-31-21-13-11-19(12-14-21)15-16-27-26(30)22-9-5-6-10-23(22)28-18-25-29-17-24(32-25)20-7-3-2-4-8-20/h2-14,17,28H,15-16,18H2,1H3,(H,27,30). The fourth-order valence-electron chi connectivity index (χ4n) is 3.34. The number of carbonyl (C=O) groups excluding carboxylic acids is 1. The summed E-state index contributed by atoms with van der Waals surface area (Å²) in [6, 6.07) is 25.1. The molecular formula is C26H25N3O3. The van der Waals surface area contributed by atoms with Crippen molar-refractivity contribution in [1.82, 2.24) is 10.3 Å². The third-order valence-electron chi connectivity index (χ3n) is 5.07. The van der Waals surface area contributed by atoms with Crippen molar-refractivity contribution in [1.29, 1.82) is 0 Å². The second-order valence-corrected chi connectivity index (χ2v) is 7.24. The molecule has 6 nitrogen and oxygen atoms in total. The third kappa shape index (κ3) is 5.35. The van der Waals surface area contributed by atoms with E-state index in [1.165, 1.54) is 0 Å². The lowest BCUT2D eigenvalue weighted by atomic mass is 10.1. The number of hydrogen-bond donors (Lipinski definition) is 2. The number of carbonyl (C=O) groups is 1. The van der Waals surface area contributed by atoms with Crippen LogP contribution in [0.25, 0.3) is 11.3 Å². The number of hydrogen-bond acceptors (Lipinski definition) is 5. The van der Waals surface area contributed by atoms with Crippen molar-refractivity contribution in [2.24, 2.45) is 0 Å². The number of oxazole rings is 1. The van der Waals surface area contributed by atoms with E-state index < -0.39 is 0 Å². The Hall–Kier alpha value is -4.06. The van der Waals surface area contributed by atoms with Crippen LogP contribution in [-0.4, -0.2) is 24.5 Å². The van der Waals surface area contributed by atoms with Crippen LogP contribution in [0.4, 0.5) is 5.69 Å². The number of benzene rings is 3. The van der Waals surface area contributed by atoms with Crippen molar-refractivity contribution in [2.75, 3.05) is 19.0 Å². The number of rotatable bonds is 9. The van der Waals surface area contributed by atoms with Crippen molar-refractivity contribution < 1.29 is 13.9 Å². The van der Waals surface area contributed by atoms with Gasteiger partial charge in [0.1, 0.15) is 5.75 Å². The molecular weight excluding hydrogens is 402 g/mol. The van der Waals surface area contributed by atoms with Gasteiger partial charge in [0.05, 0.1) is 25.4 Å². The Morgan fingerprint density at radius 2 is 1.72 bits per heavy atom. The zero-order chi connectivity index (χ0) is 22.2. The Labute approximate surface area is 187 Å². The smallest absolute Gasteiger partial charge is 0.253 e. The minimum Gasteiger partial charge on any atom is -0.497 e. The largest absolute Gasteiger partial charge is 0.497 e. The quantitative estimate of drug-likeness (QED) is 0.396.